The standard InChI is InChI=1S/C24H35NO5/c1-7-9-21-20(16-22(26)29-21)17(8-2)14-15-25(23(27)30-24(3,4)5)18-10-12-19(28-6)13-11-18/h10-15,17,20-21H,7-9,16H2,1-6H3/b15-14-/t17-,20-,21-/m0/s1. The van der Waals surface area contributed by atoms with Gasteiger partial charge in [0.2, 0.25) is 0 Å². The highest BCUT2D eigenvalue weighted by Crippen LogP contribution is 2.35. The Bertz CT molecular complexity index is 735. The molecule has 166 valence electrons. The van der Waals surface area contributed by atoms with Crippen LogP contribution in [-0.4, -0.2) is 30.9 Å². The van der Waals surface area contributed by atoms with E-state index in [0.29, 0.717) is 17.9 Å². The molecule has 6 nitrogen and oxygen atoms in total. The quantitative estimate of drug-likeness (QED) is 0.507. The Kier molecular flexibility index (Phi) is 8.33. The zero-order valence-electron chi connectivity index (χ0n) is 19.0. The molecule has 6 heteroatoms. The molecule has 3 atom stereocenters. The van der Waals surface area contributed by atoms with Gasteiger partial charge in [0.05, 0.1) is 19.2 Å². The number of esters is 1. The highest BCUT2D eigenvalue weighted by atomic mass is 16.6. The molecule has 0 N–H and O–H groups in total. The average Bonchev–Trinajstić information content (AvgIpc) is 3.04. The lowest BCUT2D eigenvalue weighted by molar-refractivity contribution is -0.141. The fraction of sp³-hybridized carbons (Fsp3) is 0.583. The predicted molar refractivity (Wildman–Crippen MR) is 118 cm³/mol. The van der Waals surface area contributed by atoms with Gasteiger partial charge >= 0.3 is 12.1 Å². The molecule has 0 aliphatic carbocycles. The van der Waals surface area contributed by atoms with Crippen LogP contribution in [0.15, 0.2) is 36.5 Å². The van der Waals surface area contributed by atoms with Crippen molar-refractivity contribution in [2.75, 3.05) is 12.0 Å². The van der Waals surface area contributed by atoms with Crippen LogP contribution in [0.1, 0.15) is 60.3 Å². The average molecular weight is 418 g/mol. The molecule has 1 saturated heterocycles. The normalized spacial score (nSPS) is 20.1. The summed E-state index contributed by atoms with van der Waals surface area (Å²) in [6.45, 7) is 9.70. The van der Waals surface area contributed by atoms with Crippen molar-refractivity contribution in [3.05, 3.63) is 36.5 Å². The number of cyclic esters (lactones) is 1. The number of carbonyl (C=O) groups excluding carboxylic acids is 2. The summed E-state index contributed by atoms with van der Waals surface area (Å²) < 4.78 is 16.4. The van der Waals surface area contributed by atoms with E-state index in [1.807, 2.05) is 39.0 Å². The summed E-state index contributed by atoms with van der Waals surface area (Å²) in [7, 11) is 1.60. The number of amides is 1. The Morgan fingerprint density at radius 2 is 1.93 bits per heavy atom. The molecule has 0 spiro atoms. The SMILES string of the molecule is CCC[C@@H]1OC(=O)C[C@H]1[C@H](/C=C\N(C(=O)OC(C)(C)C)c1ccc(OC)cc1)CC. The number of ether oxygens (including phenoxy) is 3. The van der Waals surface area contributed by atoms with Gasteiger partial charge in [0, 0.05) is 12.1 Å². The van der Waals surface area contributed by atoms with Crippen LogP contribution in [0.5, 0.6) is 5.75 Å². The molecule has 1 aliphatic heterocycles. The van der Waals surface area contributed by atoms with E-state index < -0.39 is 11.7 Å². The van der Waals surface area contributed by atoms with Crippen LogP contribution < -0.4 is 9.64 Å². The molecule has 0 radical (unpaired) electrons. The molecule has 2 rings (SSSR count). The molecule has 1 heterocycles. The third-order valence-electron chi connectivity index (χ3n) is 5.18. The minimum atomic E-state index is -0.613. The van der Waals surface area contributed by atoms with Gasteiger partial charge in [-0.15, -0.1) is 0 Å². The Morgan fingerprint density at radius 1 is 1.27 bits per heavy atom. The smallest absolute Gasteiger partial charge is 0.418 e. The lowest BCUT2D eigenvalue weighted by Crippen LogP contribution is -2.34. The monoisotopic (exact) mass is 417 g/mol. The number of hydrogen-bond acceptors (Lipinski definition) is 5. The first-order chi connectivity index (χ1) is 14.2. The van der Waals surface area contributed by atoms with Crippen LogP contribution >= 0.6 is 0 Å². The van der Waals surface area contributed by atoms with Crippen molar-refractivity contribution in [2.24, 2.45) is 11.8 Å². The Balaban J connectivity index is 2.28. The molecule has 1 fully saturated rings. The largest absolute Gasteiger partial charge is 0.497 e. The van der Waals surface area contributed by atoms with Gasteiger partial charge in [-0.25, -0.2) is 4.79 Å². The Labute approximate surface area is 180 Å². The van der Waals surface area contributed by atoms with Crippen LogP contribution in [0.3, 0.4) is 0 Å². The van der Waals surface area contributed by atoms with Crippen molar-refractivity contribution in [2.45, 2.75) is 72.0 Å². The minimum Gasteiger partial charge on any atom is -0.497 e. The molecular formula is C24H35NO5. The minimum absolute atomic E-state index is 0.0620. The molecule has 1 aromatic rings. The van der Waals surface area contributed by atoms with Crippen molar-refractivity contribution < 1.29 is 23.8 Å². The second kappa shape index (κ2) is 10.5. The highest BCUT2D eigenvalue weighted by Gasteiger charge is 2.37. The summed E-state index contributed by atoms with van der Waals surface area (Å²) in [5.41, 5.74) is 0.0672. The number of allylic oxidation sites excluding steroid dienone is 1. The third kappa shape index (κ3) is 6.51. The summed E-state index contributed by atoms with van der Waals surface area (Å²) >= 11 is 0. The van der Waals surface area contributed by atoms with Crippen LogP contribution in [0.2, 0.25) is 0 Å². The van der Waals surface area contributed by atoms with E-state index in [-0.39, 0.29) is 23.9 Å². The van der Waals surface area contributed by atoms with Crippen molar-refractivity contribution in [1.29, 1.82) is 0 Å². The van der Waals surface area contributed by atoms with Crippen LogP contribution in [0.4, 0.5) is 10.5 Å². The van der Waals surface area contributed by atoms with Crippen LogP contribution in [0, 0.1) is 11.8 Å². The molecule has 1 aromatic carbocycles. The molecule has 0 saturated carbocycles. The van der Waals surface area contributed by atoms with E-state index in [9.17, 15) is 9.59 Å². The van der Waals surface area contributed by atoms with Gasteiger partial charge in [-0.1, -0.05) is 26.3 Å². The summed E-state index contributed by atoms with van der Waals surface area (Å²) in [4.78, 5) is 26.3. The molecule has 0 aromatic heterocycles. The van der Waals surface area contributed by atoms with Crippen molar-refractivity contribution in [3.8, 4) is 5.75 Å². The molecular weight excluding hydrogens is 382 g/mol. The second-order valence-electron chi connectivity index (χ2n) is 8.65. The summed E-state index contributed by atoms with van der Waals surface area (Å²) in [6.07, 6.45) is 6.33. The van der Waals surface area contributed by atoms with E-state index in [0.717, 1.165) is 19.3 Å². The lowest BCUT2D eigenvalue weighted by Gasteiger charge is -2.27. The van der Waals surface area contributed by atoms with Gasteiger partial charge < -0.3 is 14.2 Å². The number of carbonyl (C=O) groups is 2. The highest BCUT2D eigenvalue weighted by molar-refractivity contribution is 5.90. The zero-order valence-corrected chi connectivity index (χ0v) is 19.0. The van der Waals surface area contributed by atoms with Gasteiger partial charge in [-0.05, 0) is 63.8 Å². The van der Waals surface area contributed by atoms with Crippen molar-refractivity contribution in [3.63, 3.8) is 0 Å². The fourth-order valence-electron chi connectivity index (χ4n) is 3.70. The van der Waals surface area contributed by atoms with Crippen molar-refractivity contribution >= 4 is 17.7 Å². The van der Waals surface area contributed by atoms with Crippen LogP contribution in [-0.2, 0) is 14.3 Å². The van der Waals surface area contributed by atoms with E-state index >= 15 is 0 Å². The summed E-state index contributed by atoms with van der Waals surface area (Å²) in [5, 5.41) is 0. The lowest BCUT2D eigenvalue weighted by atomic mass is 9.83. The molecule has 1 amide bonds. The predicted octanol–water partition coefficient (Wildman–Crippen LogP) is 5.71. The van der Waals surface area contributed by atoms with Crippen LogP contribution in [0.25, 0.3) is 0 Å². The molecule has 30 heavy (non-hydrogen) atoms. The van der Waals surface area contributed by atoms with E-state index in [4.69, 9.17) is 14.2 Å². The van der Waals surface area contributed by atoms with E-state index in [2.05, 4.69) is 13.8 Å². The van der Waals surface area contributed by atoms with Gasteiger partial charge in [-0.3, -0.25) is 9.69 Å². The maximum Gasteiger partial charge on any atom is 0.418 e. The molecule has 0 bridgehead atoms. The fourth-order valence-corrected chi connectivity index (χ4v) is 3.70. The van der Waals surface area contributed by atoms with Gasteiger partial charge in [-0.2, -0.15) is 0 Å². The van der Waals surface area contributed by atoms with Gasteiger partial charge in [0.1, 0.15) is 17.5 Å². The van der Waals surface area contributed by atoms with E-state index in [1.54, 1.807) is 25.4 Å². The maximum absolute atomic E-state index is 12.9. The second-order valence-corrected chi connectivity index (χ2v) is 8.65. The Hall–Kier alpha value is -2.50. The molecule has 0 unspecified atom stereocenters. The topological polar surface area (TPSA) is 65.1 Å². The summed E-state index contributed by atoms with van der Waals surface area (Å²) in [5.74, 6) is 0.818. The zero-order chi connectivity index (χ0) is 22.3. The van der Waals surface area contributed by atoms with E-state index in [1.165, 1.54) is 4.90 Å². The van der Waals surface area contributed by atoms with Gasteiger partial charge in [0.25, 0.3) is 0 Å². The van der Waals surface area contributed by atoms with Crippen molar-refractivity contribution in [1.82, 2.24) is 0 Å². The first kappa shape index (κ1) is 23.8. The number of rotatable bonds is 8. The first-order valence-electron chi connectivity index (χ1n) is 10.7. The number of benzene rings is 1. The third-order valence-corrected chi connectivity index (χ3v) is 5.18. The number of methoxy groups -OCH3 is 1. The maximum atomic E-state index is 12.9. The molecule has 1 aliphatic rings. The first-order valence-corrected chi connectivity index (χ1v) is 10.7. The van der Waals surface area contributed by atoms with Gasteiger partial charge in [0.15, 0.2) is 0 Å². The number of nitrogens with zero attached hydrogens (tertiary/aromatic N) is 1. The number of hydrogen-bond donors (Lipinski definition) is 0. The number of anilines is 1. The summed E-state index contributed by atoms with van der Waals surface area (Å²) in [6, 6.07) is 7.24. The Morgan fingerprint density at radius 3 is 2.47 bits per heavy atom.